The Hall–Kier alpha value is -3.26. The second-order valence-corrected chi connectivity index (χ2v) is 6.30. The van der Waals surface area contributed by atoms with Crippen molar-refractivity contribution in [1.82, 2.24) is 5.43 Å². The average Bonchev–Trinajstić information content (AvgIpc) is 2.68. The van der Waals surface area contributed by atoms with Crippen LogP contribution in [0, 0.1) is 10.1 Å². The molecule has 146 valence electrons. The maximum Gasteiger partial charge on any atom is 0.271 e. The summed E-state index contributed by atoms with van der Waals surface area (Å²) in [6, 6.07) is 10.3. The number of anilines is 1. The maximum atomic E-state index is 12.1. The van der Waals surface area contributed by atoms with Crippen LogP contribution in [-0.4, -0.2) is 23.0 Å². The quantitative estimate of drug-likeness (QED) is 0.392. The number of rotatable bonds is 8. The predicted octanol–water partition coefficient (Wildman–Crippen LogP) is 4.14. The van der Waals surface area contributed by atoms with Crippen LogP contribution in [0.25, 0.3) is 0 Å². The van der Waals surface area contributed by atoms with Gasteiger partial charge in [0.15, 0.2) is 0 Å². The largest absolute Gasteiger partial charge is 0.326 e. The third-order valence-electron chi connectivity index (χ3n) is 3.75. The van der Waals surface area contributed by atoms with Crippen LogP contribution < -0.4 is 10.7 Å². The summed E-state index contributed by atoms with van der Waals surface area (Å²) >= 11 is 5.96. The number of halogens is 1. The molecule has 2 rings (SSSR count). The monoisotopic (exact) mass is 402 g/mol. The van der Waals surface area contributed by atoms with Crippen LogP contribution in [0.15, 0.2) is 47.6 Å². The highest BCUT2D eigenvalue weighted by Gasteiger charge is 2.09. The molecule has 0 aromatic heterocycles. The summed E-state index contributed by atoms with van der Waals surface area (Å²) in [4.78, 5) is 34.1. The lowest BCUT2D eigenvalue weighted by Gasteiger charge is -2.06. The van der Waals surface area contributed by atoms with Crippen molar-refractivity contribution in [2.75, 3.05) is 5.32 Å². The summed E-state index contributed by atoms with van der Waals surface area (Å²) in [6.07, 6.45) is 3.44. The summed E-state index contributed by atoms with van der Waals surface area (Å²) in [5.74, 6) is -0.542. The van der Waals surface area contributed by atoms with Gasteiger partial charge < -0.3 is 5.32 Å². The standard InChI is InChI=1S/C19H19ClN4O4/c1-2-3-4-18(25)22-15-7-5-13(6-8-15)19(26)23-21-12-14-11-16(24(27)28)9-10-17(14)20/h5-12H,2-4H2,1H3,(H,22,25)(H,23,26). The second-order valence-electron chi connectivity index (χ2n) is 5.89. The van der Waals surface area contributed by atoms with Gasteiger partial charge in [0.1, 0.15) is 0 Å². The Morgan fingerprint density at radius 1 is 1.21 bits per heavy atom. The number of amides is 2. The van der Waals surface area contributed by atoms with Crippen molar-refractivity contribution in [3.05, 3.63) is 68.7 Å². The molecular weight excluding hydrogens is 384 g/mol. The van der Waals surface area contributed by atoms with Crippen LogP contribution in [0.2, 0.25) is 5.02 Å². The number of nitrogens with zero attached hydrogens (tertiary/aromatic N) is 2. The van der Waals surface area contributed by atoms with Crippen molar-refractivity contribution in [1.29, 1.82) is 0 Å². The van der Waals surface area contributed by atoms with Gasteiger partial charge in [0.05, 0.1) is 11.1 Å². The van der Waals surface area contributed by atoms with E-state index in [1.807, 2.05) is 6.92 Å². The topological polar surface area (TPSA) is 114 Å². The molecule has 28 heavy (non-hydrogen) atoms. The lowest BCUT2D eigenvalue weighted by Crippen LogP contribution is -2.17. The lowest BCUT2D eigenvalue weighted by atomic mass is 10.2. The number of nitrogens with one attached hydrogen (secondary N) is 2. The number of non-ortho nitro benzene ring substituents is 1. The zero-order valence-corrected chi connectivity index (χ0v) is 15.9. The number of nitro groups is 1. The molecule has 0 atom stereocenters. The first-order valence-electron chi connectivity index (χ1n) is 8.58. The number of hydrogen-bond acceptors (Lipinski definition) is 5. The van der Waals surface area contributed by atoms with E-state index in [1.165, 1.54) is 24.4 Å². The van der Waals surface area contributed by atoms with E-state index in [9.17, 15) is 19.7 Å². The van der Waals surface area contributed by atoms with Gasteiger partial charge in [0.2, 0.25) is 5.91 Å². The van der Waals surface area contributed by atoms with Gasteiger partial charge in [0.25, 0.3) is 11.6 Å². The summed E-state index contributed by atoms with van der Waals surface area (Å²) in [6.45, 7) is 2.01. The number of carbonyl (C=O) groups excluding carboxylic acids is 2. The minimum atomic E-state index is -0.547. The molecule has 0 bridgehead atoms. The van der Waals surface area contributed by atoms with Crippen LogP contribution in [0.1, 0.15) is 42.1 Å². The Bertz CT molecular complexity index is 897. The molecule has 0 radical (unpaired) electrons. The molecule has 8 nitrogen and oxygen atoms in total. The van der Waals surface area contributed by atoms with E-state index in [1.54, 1.807) is 24.3 Å². The molecule has 0 aliphatic heterocycles. The molecule has 0 unspecified atom stereocenters. The molecular formula is C19H19ClN4O4. The number of unbranched alkanes of at least 4 members (excludes halogenated alkanes) is 1. The fourth-order valence-corrected chi connectivity index (χ4v) is 2.40. The molecule has 2 aromatic carbocycles. The number of hydrogen-bond donors (Lipinski definition) is 2. The molecule has 0 spiro atoms. The summed E-state index contributed by atoms with van der Waals surface area (Å²) < 4.78 is 0. The number of carbonyl (C=O) groups is 2. The number of hydrazone groups is 1. The summed E-state index contributed by atoms with van der Waals surface area (Å²) in [5.41, 5.74) is 3.45. The van der Waals surface area contributed by atoms with Gasteiger partial charge in [-0.15, -0.1) is 0 Å². The van der Waals surface area contributed by atoms with E-state index < -0.39 is 10.8 Å². The third-order valence-corrected chi connectivity index (χ3v) is 4.09. The fourth-order valence-electron chi connectivity index (χ4n) is 2.23. The molecule has 0 heterocycles. The zero-order chi connectivity index (χ0) is 20.5. The minimum absolute atomic E-state index is 0.0718. The zero-order valence-electron chi connectivity index (χ0n) is 15.1. The first kappa shape index (κ1) is 21.0. The van der Waals surface area contributed by atoms with Crippen molar-refractivity contribution in [2.24, 2.45) is 5.10 Å². The molecule has 2 N–H and O–H groups in total. The van der Waals surface area contributed by atoms with Crippen LogP contribution in [0.5, 0.6) is 0 Å². The van der Waals surface area contributed by atoms with Gasteiger partial charge in [-0.2, -0.15) is 5.10 Å². The first-order valence-corrected chi connectivity index (χ1v) is 8.95. The average molecular weight is 403 g/mol. The Morgan fingerprint density at radius 2 is 1.93 bits per heavy atom. The van der Waals surface area contributed by atoms with E-state index in [2.05, 4.69) is 15.8 Å². The van der Waals surface area contributed by atoms with E-state index in [4.69, 9.17) is 11.6 Å². The van der Waals surface area contributed by atoms with Crippen LogP contribution in [0.4, 0.5) is 11.4 Å². The predicted molar refractivity (Wildman–Crippen MR) is 108 cm³/mol. The Morgan fingerprint density at radius 3 is 2.57 bits per heavy atom. The van der Waals surface area contributed by atoms with Gasteiger partial charge in [0, 0.05) is 40.4 Å². The van der Waals surface area contributed by atoms with Gasteiger partial charge in [-0.1, -0.05) is 24.9 Å². The molecule has 0 saturated heterocycles. The minimum Gasteiger partial charge on any atom is -0.326 e. The molecule has 0 aliphatic carbocycles. The number of benzene rings is 2. The molecule has 0 aliphatic rings. The van der Waals surface area contributed by atoms with E-state index in [-0.39, 0.29) is 16.6 Å². The fraction of sp³-hybridized carbons (Fsp3) is 0.211. The van der Waals surface area contributed by atoms with Crippen LogP contribution in [-0.2, 0) is 4.79 Å². The van der Waals surface area contributed by atoms with Gasteiger partial charge in [-0.25, -0.2) is 5.43 Å². The van der Waals surface area contributed by atoms with Crippen molar-refractivity contribution in [3.8, 4) is 0 Å². The highest BCUT2D eigenvalue weighted by atomic mass is 35.5. The van der Waals surface area contributed by atoms with Crippen molar-refractivity contribution in [2.45, 2.75) is 26.2 Å². The highest BCUT2D eigenvalue weighted by Crippen LogP contribution is 2.20. The maximum absolute atomic E-state index is 12.1. The van der Waals surface area contributed by atoms with Gasteiger partial charge >= 0.3 is 0 Å². The third kappa shape index (κ3) is 6.17. The summed E-state index contributed by atoms with van der Waals surface area (Å²) in [5, 5.41) is 17.6. The lowest BCUT2D eigenvalue weighted by molar-refractivity contribution is -0.384. The van der Waals surface area contributed by atoms with E-state index in [0.717, 1.165) is 12.8 Å². The van der Waals surface area contributed by atoms with Gasteiger partial charge in [-0.05, 0) is 36.8 Å². The molecule has 2 amide bonds. The van der Waals surface area contributed by atoms with E-state index in [0.29, 0.717) is 23.2 Å². The second kappa shape index (κ2) is 10.2. The van der Waals surface area contributed by atoms with Crippen LogP contribution >= 0.6 is 11.6 Å². The SMILES string of the molecule is CCCCC(=O)Nc1ccc(C(=O)NN=Cc2cc([N+](=O)[O-])ccc2Cl)cc1. The molecule has 0 fully saturated rings. The van der Waals surface area contributed by atoms with Crippen LogP contribution in [0.3, 0.4) is 0 Å². The normalized spacial score (nSPS) is 10.6. The molecule has 0 saturated carbocycles. The first-order chi connectivity index (χ1) is 13.4. The van der Waals surface area contributed by atoms with Crippen molar-refractivity contribution in [3.63, 3.8) is 0 Å². The Labute approximate surface area is 166 Å². The van der Waals surface area contributed by atoms with E-state index >= 15 is 0 Å². The van der Waals surface area contributed by atoms with Crippen molar-refractivity contribution >= 4 is 41.0 Å². The number of nitro benzene ring substituents is 1. The van der Waals surface area contributed by atoms with Gasteiger partial charge in [-0.3, -0.25) is 19.7 Å². The van der Waals surface area contributed by atoms with Crippen molar-refractivity contribution < 1.29 is 14.5 Å². The smallest absolute Gasteiger partial charge is 0.271 e. The molecule has 9 heteroatoms. The highest BCUT2D eigenvalue weighted by molar-refractivity contribution is 6.33. The summed E-state index contributed by atoms with van der Waals surface area (Å²) in [7, 11) is 0. The Balaban J connectivity index is 1.96. The molecule has 2 aromatic rings. The Kier molecular flexibility index (Phi) is 7.65.